The molecule has 0 spiro atoms. The van der Waals surface area contributed by atoms with E-state index in [1.165, 1.54) is 6.92 Å². The number of carbonyl (C=O) groups excluding carboxylic acids is 1. The summed E-state index contributed by atoms with van der Waals surface area (Å²) >= 11 is 0. The van der Waals surface area contributed by atoms with Gasteiger partial charge >= 0.3 is 0 Å². The van der Waals surface area contributed by atoms with E-state index in [1.807, 2.05) is 6.07 Å². The molecule has 0 saturated heterocycles. The largest absolute Gasteiger partial charge is 0.369 e. The molecule has 2 aromatic rings. The molecule has 7 heteroatoms. The van der Waals surface area contributed by atoms with Gasteiger partial charge in [0.05, 0.1) is 5.56 Å². The van der Waals surface area contributed by atoms with Gasteiger partial charge < -0.3 is 11.1 Å². The molecule has 1 aliphatic rings. The van der Waals surface area contributed by atoms with Crippen LogP contribution in [0.15, 0.2) is 40.6 Å². The van der Waals surface area contributed by atoms with E-state index >= 15 is 0 Å². The molecule has 0 saturated carbocycles. The maximum Gasteiger partial charge on any atom is 0.258 e. The summed E-state index contributed by atoms with van der Waals surface area (Å²) in [5, 5.41) is 3.00. The number of allylic oxidation sites excluding steroid dienone is 2. The van der Waals surface area contributed by atoms with Gasteiger partial charge in [0.1, 0.15) is 5.82 Å². The van der Waals surface area contributed by atoms with Crippen molar-refractivity contribution >= 4 is 17.5 Å². The van der Waals surface area contributed by atoms with Crippen molar-refractivity contribution in [1.29, 1.82) is 0 Å². The summed E-state index contributed by atoms with van der Waals surface area (Å²) in [7, 11) is 0. The lowest BCUT2D eigenvalue weighted by Crippen LogP contribution is -2.30. The van der Waals surface area contributed by atoms with Crippen LogP contribution in [0.1, 0.15) is 30.9 Å². The van der Waals surface area contributed by atoms with Gasteiger partial charge in [0.2, 0.25) is 5.95 Å². The molecule has 0 aliphatic carbocycles. The molecule has 0 aromatic carbocycles. The van der Waals surface area contributed by atoms with Gasteiger partial charge in [-0.05, 0) is 25.5 Å². The summed E-state index contributed by atoms with van der Waals surface area (Å²) in [6, 6.07) is 3.60. The number of nitrogen functional groups attached to an aromatic ring is 1. The first-order valence-electron chi connectivity index (χ1n) is 6.77. The Hall–Kier alpha value is -2.96. The Morgan fingerprint density at radius 1 is 1.41 bits per heavy atom. The fourth-order valence-electron chi connectivity index (χ4n) is 2.82. The molecule has 4 N–H and O–H groups in total. The zero-order valence-electron chi connectivity index (χ0n) is 12.2. The number of anilines is 2. The number of nitrogens with two attached hydrogens (primary N) is 1. The highest BCUT2D eigenvalue weighted by Crippen LogP contribution is 2.39. The van der Waals surface area contributed by atoms with E-state index in [2.05, 4.69) is 20.3 Å². The average Bonchev–Trinajstić information content (AvgIpc) is 2.45. The SMILES string of the molecule is CC(=O)C1=C(C)Nc2nc(N)[nH]c(=O)c2C1c1cccnc1. The normalized spacial score (nSPS) is 16.9. The number of hydrogen-bond acceptors (Lipinski definition) is 6. The fraction of sp³-hybridized carbons (Fsp3) is 0.200. The monoisotopic (exact) mass is 297 g/mol. The summed E-state index contributed by atoms with van der Waals surface area (Å²) in [6.45, 7) is 3.26. The van der Waals surface area contributed by atoms with E-state index in [0.29, 0.717) is 22.7 Å². The van der Waals surface area contributed by atoms with Crippen LogP contribution < -0.4 is 16.6 Å². The van der Waals surface area contributed by atoms with Gasteiger partial charge in [0.15, 0.2) is 5.78 Å². The van der Waals surface area contributed by atoms with Crippen LogP contribution in [-0.4, -0.2) is 20.7 Å². The highest BCUT2D eigenvalue weighted by atomic mass is 16.1. The Balaban J connectivity index is 2.33. The molecule has 1 aliphatic heterocycles. The van der Waals surface area contributed by atoms with Crippen molar-refractivity contribution in [2.75, 3.05) is 11.1 Å². The number of Topliss-reactive ketones (excluding diaryl/α,β-unsaturated/α-hetero) is 1. The van der Waals surface area contributed by atoms with E-state index < -0.39 is 5.92 Å². The van der Waals surface area contributed by atoms with E-state index in [9.17, 15) is 9.59 Å². The molecular weight excluding hydrogens is 282 g/mol. The molecule has 1 unspecified atom stereocenters. The Morgan fingerprint density at radius 3 is 2.82 bits per heavy atom. The molecule has 7 nitrogen and oxygen atoms in total. The first-order chi connectivity index (χ1) is 10.5. The topological polar surface area (TPSA) is 114 Å². The van der Waals surface area contributed by atoms with E-state index in [1.54, 1.807) is 25.4 Å². The van der Waals surface area contributed by atoms with E-state index in [-0.39, 0.29) is 17.3 Å². The van der Waals surface area contributed by atoms with Crippen molar-refractivity contribution < 1.29 is 4.79 Å². The van der Waals surface area contributed by atoms with Crippen molar-refractivity contribution in [3.8, 4) is 0 Å². The number of rotatable bonds is 2. The van der Waals surface area contributed by atoms with Gasteiger partial charge in [0.25, 0.3) is 5.56 Å². The molecule has 2 aromatic heterocycles. The Morgan fingerprint density at radius 2 is 2.18 bits per heavy atom. The summed E-state index contributed by atoms with van der Waals surface area (Å²) in [4.78, 5) is 35.2. The third kappa shape index (κ3) is 2.16. The zero-order valence-corrected chi connectivity index (χ0v) is 12.2. The Kier molecular flexibility index (Phi) is 3.25. The second-order valence-electron chi connectivity index (χ2n) is 5.15. The van der Waals surface area contributed by atoms with Gasteiger partial charge in [-0.25, -0.2) is 0 Å². The predicted molar refractivity (Wildman–Crippen MR) is 82.4 cm³/mol. The van der Waals surface area contributed by atoms with E-state index in [4.69, 9.17) is 5.73 Å². The van der Waals surface area contributed by atoms with Crippen LogP contribution in [0.2, 0.25) is 0 Å². The number of pyridine rings is 1. The van der Waals surface area contributed by atoms with Crippen LogP contribution in [0.5, 0.6) is 0 Å². The van der Waals surface area contributed by atoms with Crippen molar-refractivity contribution in [1.82, 2.24) is 15.0 Å². The smallest absolute Gasteiger partial charge is 0.258 e. The van der Waals surface area contributed by atoms with Gasteiger partial charge in [-0.2, -0.15) is 4.98 Å². The van der Waals surface area contributed by atoms with Crippen LogP contribution in [0.4, 0.5) is 11.8 Å². The predicted octanol–water partition coefficient (Wildman–Crippen LogP) is 1.17. The third-order valence-electron chi connectivity index (χ3n) is 3.66. The highest BCUT2D eigenvalue weighted by Gasteiger charge is 2.33. The lowest BCUT2D eigenvalue weighted by molar-refractivity contribution is -0.113. The van der Waals surface area contributed by atoms with E-state index in [0.717, 1.165) is 5.56 Å². The molecule has 112 valence electrons. The molecule has 1 atom stereocenters. The first-order valence-corrected chi connectivity index (χ1v) is 6.77. The van der Waals surface area contributed by atoms with Gasteiger partial charge in [-0.15, -0.1) is 0 Å². The van der Waals surface area contributed by atoms with Crippen LogP contribution in [-0.2, 0) is 4.79 Å². The molecule has 0 radical (unpaired) electrons. The van der Waals surface area contributed by atoms with Crippen molar-refractivity contribution in [3.63, 3.8) is 0 Å². The molecule has 0 fully saturated rings. The number of nitrogens with zero attached hydrogens (tertiary/aromatic N) is 2. The second-order valence-corrected chi connectivity index (χ2v) is 5.15. The van der Waals surface area contributed by atoms with Crippen LogP contribution in [0.3, 0.4) is 0 Å². The number of hydrogen-bond donors (Lipinski definition) is 3. The average molecular weight is 297 g/mol. The van der Waals surface area contributed by atoms with Crippen molar-refractivity contribution in [2.24, 2.45) is 0 Å². The van der Waals surface area contributed by atoms with Crippen molar-refractivity contribution in [2.45, 2.75) is 19.8 Å². The number of nitrogens with one attached hydrogen (secondary N) is 2. The maximum absolute atomic E-state index is 12.4. The molecule has 0 bridgehead atoms. The Labute approximate surface area is 126 Å². The highest BCUT2D eigenvalue weighted by molar-refractivity contribution is 5.98. The van der Waals surface area contributed by atoms with Gasteiger partial charge in [-0.3, -0.25) is 19.6 Å². The summed E-state index contributed by atoms with van der Waals surface area (Å²) in [5.74, 6) is -0.224. The Bertz CT molecular complexity index is 839. The lowest BCUT2D eigenvalue weighted by Gasteiger charge is -2.28. The number of aromatic nitrogens is 3. The number of fused-ring (bicyclic) bond motifs is 1. The van der Waals surface area contributed by atoms with Crippen LogP contribution >= 0.6 is 0 Å². The minimum atomic E-state index is -0.515. The molecule has 22 heavy (non-hydrogen) atoms. The van der Waals surface area contributed by atoms with Crippen molar-refractivity contribution in [3.05, 3.63) is 57.3 Å². The molecular formula is C15H15N5O2. The summed E-state index contributed by atoms with van der Waals surface area (Å²) < 4.78 is 0. The van der Waals surface area contributed by atoms with Crippen LogP contribution in [0.25, 0.3) is 0 Å². The number of H-pyrrole nitrogens is 1. The molecule has 3 heterocycles. The number of ketones is 1. The van der Waals surface area contributed by atoms with Crippen LogP contribution in [0, 0.1) is 0 Å². The minimum absolute atomic E-state index is 0.0280. The minimum Gasteiger partial charge on any atom is -0.369 e. The maximum atomic E-state index is 12.4. The molecule has 3 rings (SSSR count). The summed E-state index contributed by atoms with van der Waals surface area (Å²) in [5.41, 5.74) is 7.55. The lowest BCUT2D eigenvalue weighted by atomic mass is 9.81. The summed E-state index contributed by atoms with van der Waals surface area (Å²) in [6.07, 6.45) is 3.28. The number of aromatic amines is 1. The fourth-order valence-corrected chi connectivity index (χ4v) is 2.82. The number of carbonyl (C=O) groups is 1. The van der Waals surface area contributed by atoms with Gasteiger partial charge in [0, 0.05) is 29.6 Å². The quantitative estimate of drug-likeness (QED) is 0.766. The second kappa shape index (κ2) is 5.10. The van der Waals surface area contributed by atoms with Gasteiger partial charge in [-0.1, -0.05) is 6.07 Å². The standard InChI is InChI=1S/C15H15N5O2/c1-7-10(8(2)21)11(9-4-3-5-17-6-9)12-13(18-7)19-15(16)20-14(12)22/h3-6,11H,1-2H3,(H4,16,18,19,20,22). The third-order valence-corrected chi connectivity index (χ3v) is 3.66. The zero-order chi connectivity index (χ0) is 15.9. The molecule has 0 amide bonds. The first kappa shape index (κ1) is 14.0.